The maximum Gasteiger partial charge on any atom is 0.222 e. The zero-order chi connectivity index (χ0) is 16.5. The monoisotopic (exact) mass is 312 g/mol. The summed E-state index contributed by atoms with van der Waals surface area (Å²) >= 11 is 0. The fraction of sp³-hybridized carbons (Fsp3) is 0.316. The molecule has 0 saturated carbocycles. The van der Waals surface area contributed by atoms with Crippen LogP contribution in [0, 0.1) is 0 Å². The van der Waals surface area contributed by atoms with Gasteiger partial charge in [0.25, 0.3) is 0 Å². The van der Waals surface area contributed by atoms with Gasteiger partial charge in [-0.1, -0.05) is 60.7 Å². The fourth-order valence-corrected chi connectivity index (χ4v) is 2.32. The largest absolute Gasteiger partial charge is 0.374 e. The van der Waals surface area contributed by atoms with Gasteiger partial charge in [-0.05, 0) is 18.1 Å². The van der Waals surface area contributed by atoms with Gasteiger partial charge in [-0.3, -0.25) is 4.79 Å². The van der Waals surface area contributed by atoms with Gasteiger partial charge in [0.1, 0.15) is 0 Å². The summed E-state index contributed by atoms with van der Waals surface area (Å²) in [5.74, 6) is -0.0582. The molecular formula is C19H24N2O2. The molecule has 0 aromatic heterocycles. The molecule has 2 aromatic carbocycles. The highest BCUT2D eigenvalue weighted by atomic mass is 16.5. The van der Waals surface area contributed by atoms with E-state index < -0.39 is 0 Å². The van der Waals surface area contributed by atoms with Crippen LogP contribution in [0.1, 0.15) is 30.5 Å². The summed E-state index contributed by atoms with van der Waals surface area (Å²) in [6.45, 7) is 2.76. The third-order valence-electron chi connectivity index (χ3n) is 3.44. The first kappa shape index (κ1) is 17.2. The van der Waals surface area contributed by atoms with Crippen molar-refractivity contribution in [2.24, 2.45) is 5.73 Å². The molecule has 0 radical (unpaired) electrons. The van der Waals surface area contributed by atoms with Crippen LogP contribution in [0.15, 0.2) is 60.7 Å². The second-order valence-corrected chi connectivity index (χ2v) is 5.71. The van der Waals surface area contributed by atoms with Crippen LogP contribution < -0.4 is 11.1 Å². The quantitative estimate of drug-likeness (QED) is 0.788. The first-order chi connectivity index (χ1) is 11.1. The summed E-state index contributed by atoms with van der Waals surface area (Å²) in [6.07, 6.45) is 0.308. The van der Waals surface area contributed by atoms with Crippen molar-refractivity contribution in [3.05, 3.63) is 71.8 Å². The van der Waals surface area contributed by atoms with Crippen molar-refractivity contribution in [1.82, 2.24) is 5.32 Å². The number of rotatable bonds is 8. The van der Waals surface area contributed by atoms with Gasteiger partial charge in [0.2, 0.25) is 5.91 Å². The fourth-order valence-electron chi connectivity index (χ4n) is 2.32. The topological polar surface area (TPSA) is 64.4 Å². The van der Waals surface area contributed by atoms with Crippen molar-refractivity contribution >= 4 is 5.91 Å². The minimum Gasteiger partial charge on any atom is -0.374 e. The van der Waals surface area contributed by atoms with Gasteiger partial charge in [0.05, 0.1) is 19.3 Å². The van der Waals surface area contributed by atoms with E-state index in [-0.39, 0.29) is 18.0 Å². The number of hydrogen-bond acceptors (Lipinski definition) is 3. The molecule has 0 fully saturated rings. The molecule has 2 rings (SSSR count). The molecule has 0 aliphatic rings. The maximum atomic E-state index is 12.0. The van der Waals surface area contributed by atoms with E-state index in [0.717, 1.165) is 11.1 Å². The van der Waals surface area contributed by atoms with Crippen LogP contribution in [0.5, 0.6) is 0 Å². The lowest BCUT2D eigenvalue weighted by molar-refractivity contribution is -0.122. The van der Waals surface area contributed by atoms with Gasteiger partial charge >= 0.3 is 0 Å². The second kappa shape index (κ2) is 9.08. The smallest absolute Gasteiger partial charge is 0.222 e. The Bertz CT molecular complexity index is 585. The number of benzene rings is 2. The average molecular weight is 312 g/mol. The van der Waals surface area contributed by atoms with Gasteiger partial charge in [0, 0.05) is 12.5 Å². The molecule has 23 heavy (non-hydrogen) atoms. The Morgan fingerprint density at radius 1 is 1.09 bits per heavy atom. The van der Waals surface area contributed by atoms with Gasteiger partial charge in [0.15, 0.2) is 0 Å². The van der Waals surface area contributed by atoms with Gasteiger partial charge in [-0.25, -0.2) is 0 Å². The summed E-state index contributed by atoms with van der Waals surface area (Å²) < 4.78 is 5.80. The Morgan fingerprint density at radius 2 is 1.70 bits per heavy atom. The number of carbonyl (C=O) groups is 1. The molecule has 3 N–H and O–H groups in total. The first-order valence-electron chi connectivity index (χ1n) is 7.86. The Hall–Kier alpha value is -2.17. The number of nitrogens with two attached hydrogens (primary N) is 1. The molecule has 2 atom stereocenters. The van der Waals surface area contributed by atoms with E-state index in [9.17, 15) is 4.79 Å². The molecule has 0 aliphatic heterocycles. The van der Waals surface area contributed by atoms with Crippen LogP contribution in [0.25, 0.3) is 0 Å². The molecule has 2 unspecified atom stereocenters. The first-order valence-corrected chi connectivity index (χ1v) is 7.86. The third kappa shape index (κ3) is 6.22. The Morgan fingerprint density at radius 3 is 2.30 bits per heavy atom. The van der Waals surface area contributed by atoms with E-state index in [1.165, 1.54) is 0 Å². The lowest BCUT2D eigenvalue weighted by Gasteiger charge is -2.20. The van der Waals surface area contributed by atoms with Crippen molar-refractivity contribution in [3.63, 3.8) is 0 Å². The summed E-state index contributed by atoms with van der Waals surface area (Å²) in [7, 11) is 0. The standard InChI is InChI=1S/C19H24N2O2/c1-15(20)12-19(22)21-18(17-10-6-3-7-11-17)14-23-13-16-8-4-2-5-9-16/h2-11,15,18H,12-14,20H2,1H3,(H,21,22). The maximum absolute atomic E-state index is 12.0. The highest BCUT2D eigenvalue weighted by Crippen LogP contribution is 2.14. The number of carbonyl (C=O) groups excluding carboxylic acids is 1. The van der Waals surface area contributed by atoms with Crippen molar-refractivity contribution in [1.29, 1.82) is 0 Å². The number of ether oxygens (including phenoxy) is 1. The summed E-state index contributed by atoms with van der Waals surface area (Å²) in [6, 6.07) is 19.5. The summed E-state index contributed by atoms with van der Waals surface area (Å²) in [5, 5.41) is 3.01. The van der Waals surface area contributed by atoms with Crippen molar-refractivity contribution in [2.45, 2.75) is 32.0 Å². The molecule has 122 valence electrons. The van der Waals surface area contributed by atoms with Crippen LogP contribution >= 0.6 is 0 Å². The second-order valence-electron chi connectivity index (χ2n) is 5.71. The van der Waals surface area contributed by atoms with Crippen molar-refractivity contribution in [3.8, 4) is 0 Å². The Balaban J connectivity index is 1.95. The van der Waals surface area contributed by atoms with Gasteiger partial charge < -0.3 is 15.8 Å². The van der Waals surface area contributed by atoms with E-state index in [1.807, 2.05) is 67.6 Å². The number of amides is 1. The summed E-state index contributed by atoms with van der Waals surface area (Å²) in [4.78, 5) is 12.0. The van der Waals surface area contributed by atoms with E-state index in [0.29, 0.717) is 19.6 Å². The molecule has 0 saturated heterocycles. The zero-order valence-electron chi connectivity index (χ0n) is 13.4. The predicted molar refractivity (Wildman–Crippen MR) is 91.7 cm³/mol. The highest BCUT2D eigenvalue weighted by molar-refractivity contribution is 5.77. The molecular weight excluding hydrogens is 288 g/mol. The van der Waals surface area contributed by atoms with Crippen LogP contribution in [0.4, 0.5) is 0 Å². The minimum atomic E-state index is -0.175. The normalized spacial score (nSPS) is 13.3. The van der Waals surface area contributed by atoms with Gasteiger partial charge in [-0.15, -0.1) is 0 Å². The average Bonchev–Trinajstić information content (AvgIpc) is 2.55. The number of hydrogen-bond donors (Lipinski definition) is 2. The van der Waals surface area contributed by atoms with E-state index >= 15 is 0 Å². The number of nitrogens with one attached hydrogen (secondary N) is 1. The van der Waals surface area contributed by atoms with E-state index in [2.05, 4.69) is 5.32 Å². The van der Waals surface area contributed by atoms with E-state index in [1.54, 1.807) is 0 Å². The Kier molecular flexibility index (Phi) is 6.78. The lowest BCUT2D eigenvalue weighted by Crippen LogP contribution is -2.34. The molecule has 2 aromatic rings. The molecule has 0 spiro atoms. The molecule has 4 nitrogen and oxygen atoms in total. The zero-order valence-corrected chi connectivity index (χ0v) is 13.4. The predicted octanol–water partition coefficient (Wildman–Crippen LogP) is 2.80. The molecule has 0 aliphatic carbocycles. The molecule has 0 heterocycles. The lowest BCUT2D eigenvalue weighted by atomic mass is 10.1. The SMILES string of the molecule is CC(N)CC(=O)NC(COCc1ccccc1)c1ccccc1. The third-order valence-corrected chi connectivity index (χ3v) is 3.44. The Labute approximate surface area is 137 Å². The molecule has 4 heteroatoms. The summed E-state index contributed by atoms with van der Waals surface area (Å²) in [5.41, 5.74) is 7.83. The minimum absolute atomic E-state index is 0.0582. The van der Waals surface area contributed by atoms with Crippen molar-refractivity contribution < 1.29 is 9.53 Å². The van der Waals surface area contributed by atoms with Crippen LogP contribution in [0.3, 0.4) is 0 Å². The van der Waals surface area contributed by atoms with Crippen LogP contribution in [-0.4, -0.2) is 18.6 Å². The molecule has 0 bridgehead atoms. The van der Waals surface area contributed by atoms with Crippen LogP contribution in [-0.2, 0) is 16.1 Å². The van der Waals surface area contributed by atoms with Crippen molar-refractivity contribution in [2.75, 3.05) is 6.61 Å². The van der Waals surface area contributed by atoms with Crippen LogP contribution in [0.2, 0.25) is 0 Å². The molecule has 1 amide bonds. The highest BCUT2D eigenvalue weighted by Gasteiger charge is 2.15. The van der Waals surface area contributed by atoms with E-state index in [4.69, 9.17) is 10.5 Å². The van der Waals surface area contributed by atoms with Gasteiger partial charge in [-0.2, -0.15) is 0 Å².